The number of likely N-dealkylation sites (tertiary alicyclic amines) is 1. The van der Waals surface area contributed by atoms with Crippen molar-refractivity contribution in [2.24, 2.45) is 5.41 Å². The van der Waals surface area contributed by atoms with Crippen molar-refractivity contribution in [3.63, 3.8) is 0 Å². The van der Waals surface area contributed by atoms with E-state index in [0.717, 1.165) is 55.6 Å². The van der Waals surface area contributed by atoms with E-state index in [0.29, 0.717) is 25.7 Å². The summed E-state index contributed by atoms with van der Waals surface area (Å²) in [4.78, 5) is 15.9. The molecule has 1 amide bonds. The van der Waals surface area contributed by atoms with Crippen molar-refractivity contribution in [1.29, 1.82) is 0 Å². The Morgan fingerprint density at radius 3 is 2.65 bits per heavy atom. The number of hydrogen-bond acceptors (Lipinski definition) is 3. The Morgan fingerprint density at radius 1 is 1.16 bits per heavy atom. The average Bonchev–Trinajstić information content (AvgIpc) is 3.26. The van der Waals surface area contributed by atoms with Gasteiger partial charge in [-0.25, -0.2) is 4.39 Å². The van der Waals surface area contributed by atoms with Crippen molar-refractivity contribution in [1.82, 2.24) is 10.2 Å². The zero-order valence-electron chi connectivity index (χ0n) is 18.4. The predicted molar refractivity (Wildman–Crippen MR) is 121 cm³/mol. The van der Waals surface area contributed by atoms with E-state index >= 15 is 0 Å². The van der Waals surface area contributed by atoms with Gasteiger partial charge < -0.3 is 10.1 Å². The highest BCUT2D eigenvalue weighted by Crippen LogP contribution is 2.36. The molecular formula is C26H33FN2O2. The number of halogens is 1. The average molecular weight is 425 g/mol. The minimum Gasteiger partial charge on any atom is -0.381 e. The van der Waals surface area contributed by atoms with E-state index in [-0.39, 0.29) is 11.7 Å². The molecule has 2 aliphatic heterocycles. The zero-order chi connectivity index (χ0) is 21.7. The number of carbonyl (C=O) groups excluding carboxylic acids is 1. The highest BCUT2D eigenvalue weighted by Gasteiger charge is 2.40. The molecule has 4 nitrogen and oxygen atoms in total. The van der Waals surface area contributed by atoms with Crippen LogP contribution in [-0.2, 0) is 16.0 Å². The predicted octanol–water partition coefficient (Wildman–Crippen LogP) is 4.43. The largest absolute Gasteiger partial charge is 0.381 e. The molecule has 0 aromatic heterocycles. The number of nitrogens with zero attached hydrogens (tertiary/aromatic N) is 1. The summed E-state index contributed by atoms with van der Waals surface area (Å²) in [7, 11) is 0. The number of benzene rings is 2. The van der Waals surface area contributed by atoms with Crippen molar-refractivity contribution in [3.8, 4) is 11.1 Å². The molecule has 0 aliphatic carbocycles. The summed E-state index contributed by atoms with van der Waals surface area (Å²) in [6.45, 7) is 6.29. The first-order valence-corrected chi connectivity index (χ1v) is 11.5. The highest BCUT2D eigenvalue weighted by molar-refractivity contribution is 5.83. The smallest absolute Gasteiger partial charge is 0.226 e. The lowest BCUT2D eigenvalue weighted by atomic mass is 9.74. The molecule has 2 saturated heterocycles. The van der Waals surface area contributed by atoms with Crippen LogP contribution in [0.25, 0.3) is 11.1 Å². The van der Waals surface area contributed by atoms with Crippen LogP contribution >= 0.6 is 0 Å². The molecule has 2 aromatic carbocycles. The van der Waals surface area contributed by atoms with Gasteiger partial charge in [-0.1, -0.05) is 43.3 Å². The maximum Gasteiger partial charge on any atom is 0.226 e. The molecule has 1 atom stereocenters. The van der Waals surface area contributed by atoms with E-state index in [1.807, 2.05) is 18.2 Å². The Hall–Kier alpha value is -2.24. The van der Waals surface area contributed by atoms with E-state index in [1.54, 1.807) is 12.1 Å². The third kappa shape index (κ3) is 5.16. The molecule has 1 N–H and O–H groups in total. The number of likely N-dealkylation sites (N-methyl/N-ethyl adjacent to an activating group) is 1. The fraction of sp³-hybridized carbons (Fsp3) is 0.500. The fourth-order valence-electron chi connectivity index (χ4n) is 5.11. The van der Waals surface area contributed by atoms with Gasteiger partial charge in [0.2, 0.25) is 5.91 Å². The summed E-state index contributed by atoms with van der Waals surface area (Å²) < 4.78 is 19.3. The van der Waals surface area contributed by atoms with Crippen LogP contribution in [0.2, 0.25) is 0 Å². The Kier molecular flexibility index (Phi) is 7.03. The molecule has 4 rings (SSSR count). The summed E-state index contributed by atoms with van der Waals surface area (Å²) in [5.74, 6) is -0.0915. The lowest BCUT2D eigenvalue weighted by molar-refractivity contribution is -0.136. The second kappa shape index (κ2) is 9.92. The van der Waals surface area contributed by atoms with E-state index in [2.05, 4.69) is 29.3 Å². The lowest BCUT2D eigenvalue weighted by Crippen LogP contribution is -2.49. The molecule has 2 heterocycles. The maximum absolute atomic E-state index is 13.7. The summed E-state index contributed by atoms with van der Waals surface area (Å²) in [5, 5.41) is 3.29. The van der Waals surface area contributed by atoms with Gasteiger partial charge in [-0.05, 0) is 74.0 Å². The van der Waals surface area contributed by atoms with Crippen LogP contribution in [0, 0.1) is 11.2 Å². The number of amides is 1. The zero-order valence-corrected chi connectivity index (χ0v) is 18.4. The summed E-state index contributed by atoms with van der Waals surface area (Å²) in [6, 6.07) is 15.3. The number of rotatable bonds is 7. The van der Waals surface area contributed by atoms with Gasteiger partial charge >= 0.3 is 0 Å². The first-order valence-electron chi connectivity index (χ1n) is 11.5. The van der Waals surface area contributed by atoms with Gasteiger partial charge in [0.15, 0.2) is 0 Å². The number of hydrogen-bond donors (Lipinski definition) is 1. The SMILES string of the molecule is CCN1CCC[C@H]1CNC(=O)C1(Cc2cccc(-c3cccc(F)c3)c2)CCOCC1. The van der Waals surface area contributed by atoms with Crippen LogP contribution in [0.1, 0.15) is 38.2 Å². The molecule has 31 heavy (non-hydrogen) atoms. The molecule has 166 valence electrons. The van der Waals surface area contributed by atoms with E-state index < -0.39 is 5.41 Å². The first-order chi connectivity index (χ1) is 15.1. The molecule has 0 bridgehead atoms. The highest BCUT2D eigenvalue weighted by atomic mass is 19.1. The van der Waals surface area contributed by atoms with Gasteiger partial charge in [-0.2, -0.15) is 0 Å². The third-order valence-electron chi connectivity index (χ3n) is 6.96. The molecule has 2 aromatic rings. The second-order valence-electron chi connectivity index (χ2n) is 8.91. The quantitative estimate of drug-likeness (QED) is 0.715. The van der Waals surface area contributed by atoms with Crippen LogP contribution in [0.3, 0.4) is 0 Å². The Bertz CT molecular complexity index is 894. The Balaban J connectivity index is 1.50. The molecule has 5 heteroatoms. The summed E-state index contributed by atoms with van der Waals surface area (Å²) >= 11 is 0. The van der Waals surface area contributed by atoms with E-state index in [4.69, 9.17) is 4.74 Å². The van der Waals surface area contributed by atoms with Gasteiger partial charge in [0.05, 0.1) is 5.41 Å². The van der Waals surface area contributed by atoms with E-state index in [1.165, 1.54) is 12.5 Å². The lowest BCUT2D eigenvalue weighted by Gasteiger charge is -2.36. The molecule has 0 radical (unpaired) electrons. The number of ether oxygens (including phenoxy) is 1. The van der Waals surface area contributed by atoms with Gasteiger partial charge in [0.1, 0.15) is 5.82 Å². The van der Waals surface area contributed by atoms with Crippen molar-refractivity contribution in [2.75, 3.05) is 32.8 Å². The van der Waals surface area contributed by atoms with Crippen molar-refractivity contribution in [2.45, 2.75) is 45.1 Å². The van der Waals surface area contributed by atoms with Crippen molar-refractivity contribution >= 4 is 5.91 Å². The van der Waals surface area contributed by atoms with E-state index in [9.17, 15) is 9.18 Å². The fourth-order valence-corrected chi connectivity index (χ4v) is 5.11. The molecular weight excluding hydrogens is 391 g/mol. The number of carbonyl (C=O) groups is 1. The van der Waals surface area contributed by atoms with Crippen LogP contribution in [-0.4, -0.2) is 49.7 Å². The normalized spacial score (nSPS) is 21.2. The molecule has 0 saturated carbocycles. The Labute approximate surface area is 184 Å². The minimum absolute atomic E-state index is 0.148. The van der Waals surface area contributed by atoms with Gasteiger partial charge in [-0.3, -0.25) is 9.69 Å². The van der Waals surface area contributed by atoms with Crippen LogP contribution < -0.4 is 5.32 Å². The Morgan fingerprint density at radius 2 is 1.90 bits per heavy atom. The molecule has 0 unspecified atom stereocenters. The van der Waals surface area contributed by atoms with Gasteiger partial charge in [0, 0.05) is 25.8 Å². The summed E-state index contributed by atoms with van der Waals surface area (Å²) in [6.07, 6.45) is 4.49. The molecule has 2 fully saturated rings. The first kappa shape index (κ1) is 22.0. The maximum atomic E-state index is 13.7. The topological polar surface area (TPSA) is 41.6 Å². The second-order valence-corrected chi connectivity index (χ2v) is 8.91. The minimum atomic E-state index is -0.450. The van der Waals surface area contributed by atoms with Crippen molar-refractivity contribution < 1.29 is 13.9 Å². The van der Waals surface area contributed by atoms with Crippen LogP contribution in [0.5, 0.6) is 0 Å². The van der Waals surface area contributed by atoms with Crippen LogP contribution in [0.4, 0.5) is 4.39 Å². The van der Waals surface area contributed by atoms with Crippen molar-refractivity contribution in [3.05, 3.63) is 59.9 Å². The molecule has 2 aliphatic rings. The standard InChI is InChI=1S/C26H33FN2O2/c1-2-29-13-5-10-24(29)19-28-25(30)26(11-14-31-15-12-26)18-20-6-3-7-21(16-20)22-8-4-9-23(27)17-22/h3-4,6-9,16-17,24H,2,5,10-15,18-19H2,1H3,(H,28,30)/t24-/m0/s1. The van der Waals surface area contributed by atoms with Gasteiger partial charge in [0.25, 0.3) is 0 Å². The van der Waals surface area contributed by atoms with Crippen LogP contribution in [0.15, 0.2) is 48.5 Å². The monoisotopic (exact) mass is 424 g/mol. The summed E-state index contributed by atoms with van der Waals surface area (Å²) in [5.41, 5.74) is 2.49. The molecule has 0 spiro atoms. The third-order valence-corrected chi connectivity index (χ3v) is 6.96. The number of nitrogens with one attached hydrogen (secondary N) is 1. The van der Waals surface area contributed by atoms with Gasteiger partial charge in [-0.15, -0.1) is 0 Å².